The molecule has 0 atom stereocenters. The van der Waals surface area contributed by atoms with Gasteiger partial charge >= 0.3 is 5.97 Å². The normalized spacial score (nSPS) is 10.1. The van der Waals surface area contributed by atoms with E-state index in [2.05, 4.69) is 20.5 Å². The standard InChI is InChI=1S/C12H11ClN4O3/c1-2-20-11(19)9-14-12(17-16-9)15-10(18)7-3-5-8(13)6-4-7/h3-6H,2H2,1H3,(H2,14,15,16,17,18). The average molecular weight is 295 g/mol. The summed E-state index contributed by atoms with van der Waals surface area (Å²) in [5.41, 5.74) is 0.400. The average Bonchev–Trinajstić information content (AvgIpc) is 2.88. The predicted octanol–water partition coefficient (Wildman–Crippen LogP) is 1.89. The van der Waals surface area contributed by atoms with Crippen LogP contribution in [0, 0.1) is 0 Å². The number of aromatic nitrogens is 3. The number of benzene rings is 1. The molecule has 7 nitrogen and oxygen atoms in total. The lowest BCUT2D eigenvalue weighted by molar-refractivity contribution is 0.0512. The SMILES string of the molecule is CCOC(=O)c1nc(NC(=O)c2ccc(Cl)cc2)n[nH]1. The third kappa shape index (κ3) is 3.33. The minimum atomic E-state index is -0.632. The van der Waals surface area contributed by atoms with E-state index < -0.39 is 11.9 Å². The van der Waals surface area contributed by atoms with Gasteiger partial charge in [-0.3, -0.25) is 15.2 Å². The van der Waals surface area contributed by atoms with Gasteiger partial charge in [0, 0.05) is 10.6 Å². The zero-order valence-electron chi connectivity index (χ0n) is 10.5. The Labute approximate surface area is 119 Å². The second kappa shape index (κ2) is 6.16. The summed E-state index contributed by atoms with van der Waals surface area (Å²) in [6.45, 7) is 1.91. The molecule has 1 heterocycles. The number of aromatic amines is 1. The van der Waals surface area contributed by atoms with Gasteiger partial charge in [-0.15, -0.1) is 5.10 Å². The van der Waals surface area contributed by atoms with Crippen LogP contribution in [0.5, 0.6) is 0 Å². The fourth-order valence-electron chi connectivity index (χ4n) is 1.38. The van der Waals surface area contributed by atoms with Gasteiger partial charge in [0.15, 0.2) is 0 Å². The van der Waals surface area contributed by atoms with Crippen LogP contribution in [-0.2, 0) is 4.74 Å². The van der Waals surface area contributed by atoms with Gasteiger partial charge in [0.2, 0.25) is 11.8 Å². The summed E-state index contributed by atoms with van der Waals surface area (Å²) in [6, 6.07) is 6.32. The summed E-state index contributed by atoms with van der Waals surface area (Å²) >= 11 is 5.73. The van der Waals surface area contributed by atoms with Crippen molar-refractivity contribution in [3.05, 3.63) is 40.7 Å². The summed E-state index contributed by atoms with van der Waals surface area (Å²) in [5.74, 6) is -1.12. The maximum absolute atomic E-state index is 11.9. The number of nitrogens with zero attached hydrogens (tertiary/aromatic N) is 2. The highest BCUT2D eigenvalue weighted by atomic mass is 35.5. The Morgan fingerprint density at radius 2 is 2.05 bits per heavy atom. The van der Waals surface area contributed by atoms with Crippen LogP contribution in [0.2, 0.25) is 5.02 Å². The van der Waals surface area contributed by atoms with Gasteiger partial charge in [0.1, 0.15) is 0 Å². The van der Waals surface area contributed by atoms with E-state index in [9.17, 15) is 9.59 Å². The summed E-state index contributed by atoms with van der Waals surface area (Å²) in [4.78, 5) is 27.0. The molecule has 0 aliphatic carbocycles. The number of H-pyrrole nitrogens is 1. The highest BCUT2D eigenvalue weighted by Crippen LogP contribution is 2.11. The predicted molar refractivity (Wildman–Crippen MR) is 71.7 cm³/mol. The Hall–Kier alpha value is -2.41. The number of anilines is 1. The second-order valence-electron chi connectivity index (χ2n) is 3.69. The lowest BCUT2D eigenvalue weighted by atomic mass is 10.2. The molecule has 2 aromatic rings. The molecule has 0 saturated carbocycles. The molecule has 104 valence electrons. The van der Waals surface area contributed by atoms with Gasteiger partial charge in [-0.25, -0.2) is 4.79 Å². The molecule has 0 aliphatic rings. The summed E-state index contributed by atoms with van der Waals surface area (Å²) < 4.78 is 4.74. The summed E-state index contributed by atoms with van der Waals surface area (Å²) in [5, 5.41) is 9.08. The fraction of sp³-hybridized carbons (Fsp3) is 0.167. The Morgan fingerprint density at radius 1 is 1.35 bits per heavy atom. The van der Waals surface area contributed by atoms with E-state index in [0.29, 0.717) is 10.6 Å². The number of rotatable bonds is 4. The molecule has 20 heavy (non-hydrogen) atoms. The van der Waals surface area contributed by atoms with Crippen molar-refractivity contribution in [3.63, 3.8) is 0 Å². The zero-order chi connectivity index (χ0) is 14.5. The molecule has 8 heteroatoms. The van der Waals surface area contributed by atoms with Crippen molar-refractivity contribution in [2.45, 2.75) is 6.92 Å². The number of halogens is 1. The molecule has 1 amide bonds. The highest BCUT2D eigenvalue weighted by molar-refractivity contribution is 6.30. The highest BCUT2D eigenvalue weighted by Gasteiger charge is 2.14. The van der Waals surface area contributed by atoms with Gasteiger partial charge in [-0.1, -0.05) is 11.6 Å². The van der Waals surface area contributed by atoms with E-state index >= 15 is 0 Å². The van der Waals surface area contributed by atoms with Crippen LogP contribution >= 0.6 is 11.6 Å². The Bertz CT molecular complexity index is 624. The number of amides is 1. The molecule has 0 spiro atoms. The van der Waals surface area contributed by atoms with Crippen LogP contribution in [0.15, 0.2) is 24.3 Å². The molecule has 0 bridgehead atoms. The van der Waals surface area contributed by atoms with Crippen molar-refractivity contribution in [1.82, 2.24) is 15.2 Å². The van der Waals surface area contributed by atoms with Gasteiger partial charge in [-0.05, 0) is 31.2 Å². The second-order valence-corrected chi connectivity index (χ2v) is 4.13. The van der Waals surface area contributed by atoms with Crippen LogP contribution in [-0.4, -0.2) is 33.7 Å². The summed E-state index contributed by atoms with van der Waals surface area (Å²) in [6.07, 6.45) is 0. The first kappa shape index (κ1) is 14.0. The minimum absolute atomic E-state index is 0.00648. The van der Waals surface area contributed by atoms with E-state index in [-0.39, 0.29) is 18.4 Å². The first-order chi connectivity index (χ1) is 9.60. The molecule has 2 rings (SSSR count). The number of ether oxygens (including phenoxy) is 1. The van der Waals surface area contributed by atoms with Gasteiger partial charge in [0.05, 0.1) is 6.61 Å². The molecule has 0 fully saturated rings. The lowest BCUT2D eigenvalue weighted by Crippen LogP contribution is -2.13. The fourth-order valence-corrected chi connectivity index (χ4v) is 1.51. The van der Waals surface area contributed by atoms with Crippen molar-refractivity contribution in [2.75, 3.05) is 11.9 Å². The van der Waals surface area contributed by atoms with Crippen molar-refractivity contribution in [1.29, 1.82) is 0 Å². The molecule has 0 aliphatic heterocycles. The van der Waals surface area contributed by atoms with E-state index in [1.165, 1.54) is 0 Å². The van der Waals surface area contributed by atoms with E-state index in [0.717, 1.165) is 0 Å². The number of carbonyl (C=O) groups is 2. The van der Waals surface area contributed by atoms with Gasteiger partial charge in [-0.2, -0.15) is 4.98 Å². The summed E-state index contributed by atoms with van der Waals surface area (Å²) in [7, 11) is 0. The van der Waals surface area contributed by atoms with Crippen molar-refractivity contribution in [2.24, 2.45) is 0 Å². The van der Waals surface area contributed by atoms with Crippen molar-refractivity contribution in [3.8, 4) is 0 Å². The topological polar surface area (TPSA) is 97.0 Å². The molecule has 0 saturated heterocycles. The number of nitrogens with one attached hydrogen (secondary N) is 2. The first-order valence-corrected chi connectivity index (χ1v) is 6.14. The number of esters is 1. The molecular weight excluding hydrogens is 284 g/mol. The maximum Gasteiger partial charge on any atom is 0.375 e. The minimum Gasteiger partial charge on any atom is -0.460 e. The third-order valence-corrected chi connectivity index (χ3v) is 2.54. The molecule has 0 radical (unpaired) electrons. The van der Waals surface area contributed by atoms with Crippen LogP contribution in [0.1, 0.15) is 27.9 Å². The smallest absolute Gasteiger partial charge is 0.375 e. The third-order valence-electron chi connectivity index (χ3n) is 2.29. The number of hydrogen-bond acceptors (Lipinski definition) is 5. The number of carbonyl (C=O) groups excluding carboxylic acids is 2. The molecule has 2 N–H and O–H groups in total. The lowest BCUT2D eigenvalue weighted by Gasteiger charge is -2.00. The van der Waals surface area contributed by atoms with E-state index in [4.69, 9.17) is 16.3 Å². The molecule has 0 unspecified atom stereocenters. The zero-order valence-corrected chi connectivity index (χ0v) is 11.3. The monoisotopic (exact) mass is 294 g/mol. The largest absolute Gasteiger partial charge is 0.460 e. The van der Waals surface area contributed by atoms with Crippen LogP contribution in [0.4, 0.5) is 5.95 Å². The molecule has 1 aromatic carbocycles. The number of hydrogen-bond donors (Lipinski definition) is 2. The van der Waals surface area contributed by atoms with E-state index in [1.807, 2.05) is 0 Å². The van der Waals surface area contributed by atoms with Crippen molar-refractivity contribution >= 4 is 29.4 Å². The van der Waals surface area contributed by atoms with Gasteiger partial charge < -0.3 is 4.74 Å². The first-order valence-electron chi connectivity index (χ1n) is 5.76. The van der Waals surface area contributed by atoms with E-state index in [1.54, 1.807) is 31.2 Å². The van der Waals surface area contributed by atoms with Crippen LogP contribution in [0.3, 0.4) is 0 Å². The Balaban J connectivity index is 2.05. The van der Waals surface area contributed by atoms with Crippen molar-refractivity contribution < 1.29 is 14.3 Å². The van der Waals surface area contributed by atoms with Gasteiger partial charge in [0.25, 0.3) is 5.91 Å². The Kier molecular flexibility index (Phi) is 4.31. The molecular formula is C12H11ClN4O3. The quantitative estimate of drug-likeness (QED) is 0.839. The van der Waals surface area contributed by atoms with Crippen LogP contribution in [0.25, 0.3) is 0 Å². The van der Waals surface area contributed by atoms with Crippen LogP contribution < -0.4 is 5.32 Å². The Morgan fingerprint density at radius 3 is 2.70 bits per heavy atom. The molecule has 1 aromatic heterocycles. The maximum atomic E-state index is 11.9.